The Morgan fingerprint density at radius 2 is 2.03 bits per heavy atom. The largest absolute Gasteiger partial charge is 0.481 e. The molecule has 4 heterocycles. The number of carboxylic acids is 1. The van der Waals surface area contributed by atoms with Gasteiger partial charge in [0.25, 0.3) is 11.5 Å². The number of thiocarbonyl (C=S) groups is 1. The van der Waals surface area contributed by atoms with E-state index in [2.05, 4.69) is 10.3 Å². The Bertz CT molecular complexity index is 1400. The Kier molecular flexibility index (Phi) is 8.72. The number of unbranched alkanes of at least 4 members (excludes halogenated alkanes) is 2. The summed E-state index contributed by atoms with van der Waals surface area (Å²) in [7, 11) is 0. The van der Waals surface area contributed by atoms with E-state index >= 15 is 0 Å². The minimum atomic E-state index is -0.829. The average Bonchev–Trinajstić information content (AvgIpc) is 3.47. The summed E-state index contributed by atoms with van der Waals surface area (Å²) < 4.78 is 3.89. The lowest BCUT2D eigenvalue weighted by atomic mass is 10.2. The van der Waals surface area contributed by atoms with E-state index in [0.717, 1.165) is 30.3 Å². The molecule has 0 saturated carbocycles. The standard InChI is InChI=1S/C25H28N6O4S2/c1-17-7-5-13-30-22(17)28-21(27-9-6-11-29-14-10-26-16-29)18(23(30)34)15-19-24(35)31(25(36)37-19)12-4-2-3-8-20(32)33/h5,7,10,13-16,27H,2-4,6,8-9,11-12H2,1H3,(H,32,33)/b19-15-. The van der Waals surface area contributed by atoms with Crippen LogP contribution in [0.3, 0.4) is 0 Å². The third kappa shape index (κ3) is 6.44. The lowest BCUT2D eigenvalue weighted by Gasteiger charge is -2.14. The third-order valence-corrected chi connectivity index (χ3v) is 7.33. The molecule has 4 rings (SSSR count). The summed E-state index contributed by atoms with van der Waals surface area (Å²) >= 11 is 6.58. The van der Waals surface area contributed by atoms with E-state index in [1.54, 1.807) is 30.9 Å². The minimum Gasteiger partial charge on any atom is -0.481 e. The number of aromatic nitrogens is 4. The summed E-state index contributed by atoms with van der Waals surface area (Å²) in [6.45, 7) is 3.64. The molecule has 0 aromatic carbocycles. The minimum absolute atomic E-state index is 0.106. The van der Waals surface area contributed by atoms with Crippen molar-refractivity contribution in [2.45, 2.75) is 45.6 Å². The van der Waals surface area contributed by atoms with Crippen LogP contribution in [0.5, 0.6) is 0 Å². The predicted octanol–water partition coefficient (Wildman–Crippen LogP) is 3.55. The molecule has 0 radical (unpaired) electrons. The Morgan fingerprint density at radius 3 is 2.78 bits per heavy atom. The molecule has 1 fully saturated rings. The number of aliphatic carboxylic acids is 1. The van der Waals surface area contributed by atoms with Crippen LogP contribution in [0.25, 0.3) is 11.7 Å². The van der Waals surface area contributed by atoms with Gasteiger partial charge in [0.2, 0.25) is 0 Å². The number of fused-ring (bicyclic) bond motifs is 1. The maximum Gasteiger partial charge on any atom is 0.303 e. The lowest BCUT2D eigenvalue weighted by Crippen LogP contribution is -2.29. The first-order valence-corrected chi connectivity index (χ1v) is 13.3. The quantitative estimate of drug-likeness (QED) is 0.202. The van der Waals surface area contributed by atoms with E-state index in [1.807, 2.05) is 23.8 Å². The summed E-state index contributed by atoms with van der Waals surface area (Å²) in [6, 6.07) is 3.68. The Hall–Kier alpha value is -3.51. The number of rotatable bonds is 12. The zero-order valence-electron chi connectivity index (χ0n) is 20.4. The highest BCUT2D eigenvalue weighted by atomic mass is 32.2. The predicted molar refractivity (Wildman–Crippen MR) is 148 cm³/mol. The van der Waals surface area contributed by atoms with Crippen molar-refractivity contribution in [3.63, 3.8) is 0 Å². The van der Waals surface area contributed by atoms with Crippen LogP contribution in [-0.4, -0.2) is 58.2 Å². The van der Waals surface area contributed by atoms with E-state index in [9.17, 15) is 14.4 Å². The van der Waals surface area contributed by atoms with E-state index in [1.165, 1.54) is 9.30 Å². The molecule has 1 saturated heterocycles. The highest BCUT2D eigenvalue weighted by Crippen LogP contribution is 2.33. The summed E-state index contributed by atoms with van der Waals surface area (Å²) in [5.41, 5.74) is 1.44. The normalized spacial score (nSPS) is 14.7. The molecular formula is C25H28N6O4S2. The van der Waals surface area contributed by atoms with Crippen molar-refractivity contribution in [2.75, 3.05) is 18.4 Å². The first kappa shape index (κ1) is 26.6. The van der Waals surface area contributed by atoms with Crippen LogP contribution in [0.1, 0.15) is 43.2 Å². The van der Waals surface area contributed by atoms with Gasteiger partial charge in [-0.3, -0.25) is 23.7 Å². The molecule has 0 atom stereocenters. The number of nitrogens with one attached hydrogen (secondary N) is 1. The van der Waals surface area contributed by atoms with Crippen LogP contribution < -0.4 is 10.9 Å². The molecule has 37 heavy (non-hydrogen) atoms. The van der Waals surface area contributed by atoms with Gasteiger partial charge < -0.3 is 15.0 Å². The molecule has 1 aliphatic heterocycles. The van der Waals surface area contributed by atoms with Gasteiger partial charge in [-0.1, -0.05) is 36.5 Å². The molecule has 0 aliphatic carbocycles. The van der Waals surface area contributed by atoms with Crippen molar-refractivity contribution >= 4 is 57.7 Å². The SMILES string of the molecule is Cc1cccn2c(=O)c(/C=C3\SC(=S)N(CCCCCC(=O)O)C3=O)c(NCCCn3ccnc3)nc12. The van der Waals surface area contributed by atoms with Crippen LogP contribution >= 0.6 is 24.0 Å². The van der Waals surface area contributed by atoms with Crippen LogP contribution in [0.4, 0.5) is 5.82 Å². The zero-order chi connectivity index (χ0) is 26.4. The number of pyridine rings is 1. The number of aryl methyl sites for hydroxylation is 2. The molecule has 0 spiro atoms. The summed E-state index contributed by atoms with van der Waals surface area (Å²) in [5.74, 6) is -0.665. The number of nitrogens with zero attached hydrogens (tertiary/aromatic N) is 5. The van der Waals surface area contributed by atoms with Crippen molar-refractivity contribution < 1.29 is 14.7 Å². The summed E-state index contributed by atoms with van der Waals surface area (Å²) in [4.78, 5) is 48.0. The fourth-order valence-corrected chi connectivity index (χ4v) is 5.30. The van der Waals surface area contributed by atoms with E-state index in [0.29, 0.717) is 58.6 Å². The smallest absolute Gasteiger partial charge is 0.303 e. The molecule has 2 N–H and O–H groups in total. The highest BCUT2D eigenvalue weighted by Gasteiger charge is 2.32. The zero-order valence-corrected chi connectivity index (χ0v) is 22.1. The highest BCUT2D eigenvalue weighted by molar-refractivity contribution is 8.26. The number of amides is 1. The average molecular weight is 541 g/mol. The number of imidazole rings is 1. The van der Waals surface area contributed by atoms with Gasteiger partial charge in [0.1, 0.15) is 15.8 Å². The van der Waals surface area contributed by atoms with Crippen molar-refractivity contribution in [3.8, 4) is 0 Å². The molecule has 12 heteroatoms. The van der Waals surface area contributed by atoms with Gasteiger partial charge in [-0.05, 0) is 43.9 Å². The Morgan fingerprint density at radius 1 is 1.19 bits per heavy atom. The Labute approximate surface area is 223 Å². The molecule has 194 valence electrons. The monoisotopic (exact) mass is 540 g/mol. The van der Waals surface area contributed by atoms with Crippen LogP contribution in [-0.2, 0) is 16.1 Å². The fraction of sp³-hybridized carbons (Fsp3) is 0.360. The molecule has 0 unspecified atom stereocenters. The van der Waals surface area contributed by atoms with Crippen molar-refractivity contribution in [3.05, 3.63) is 63.4 Å². The fourth-order valence-electron chi connectivity index (χ4n) is 4.01. The number of carboxylic acid groups (broad SMARTS) is 1. The molecule has 3 aromatic heterocycles. The number of hydrogen-bond donors (Lipinski definition) is 2. The molecule has 1 aliphatic rings. The van der Waals surface area contributed by atoms with Crippen molar-refractivity contribution in [2.24, 2.45) is 0 Å². The van der Waals surface area contributed by atoms with E-state index in [4.69, 9.17) is 22.3 Å². The molecule has 10 nitrogen and oxygen atoms in total. The second-order valence-electron chi connectivity index (χ2n) is 8.68. The van der Waals surface area contributed by atoms with Gasteiger partial charge in [-0.2, -0.15) is 0 Å². The number of hydrogen-bond acceptors (Lipinski definition) is 8. The molecule has 1 amide bonds. The van der Waals surface area contributed by atoms with Gasteiger partial charge in [0, 0.05) is 44.6 Å². The third-order valence-electron chi connectivity index (χ3n) is 5.95. The maximum absolute atomic E-state index is 13.5. The molecule has 0 bridgehead atoms. The van der Waals surface area contributed by atoms with Gasteiger partial charge in [0.05, 0.1) is 16.8 Å². The lowest BCUT2D eigenvalue weighted by molar-refractivity contribution is -0.137. The second-order valence-corrected chi connectivity index (χ2v) is 10.4. The van der Waals surface area contributed by atoms with Crippen molar-refractivity contribution in [1.29, 1.82) is 0 Å². The van der Waals surface area contributed by atoms with Gasteiger partial charge >= 0.3 is 5.97 Å². The van der Waals surface area contributed by atoms with E-state index < -0.39 is 5.97 Å². The van der Waals surface area contributed by atoms with Crippen LogP contribution in [0.15, 0.2) is 46.8 Å². The number of carbonyl (C=O) groups excluding carboxylic acids is 1. The van der Waals surface area contributed by atoms with Crippen molar-refractivity contribution in [1.82, 2.24) is 23.8 Å². The van der Waals surface area contributed by atoms with Crippen LogP contribution in [0.2, 0.25) is 0 Å². The maximum atomic E-state index is 13.5. The number of carbonyl (C=O) groups is 2. The second kappa shape index (κ2) is 12.2. The first-order chi connectivity index (χ1) is 17.8. The van der Waals surface area contributed by atoms with Gasteiger partial charge in [-0.15, -0.1) is 0 Å². The topological polar surface area (TPSA) is 122 Å². The van der Waals surface area contributed by atoms with E-state index in [-0.39, 0.29) is 17.9 Å². The first-order valence-electron chi connectivity index (χ1n) is 12.0. The Balaban J connectivity index is 1.55. The summed E-state index contributed by atoms with van der Waals surface area (Å²) in [6.07, 6.45) is 11.4. The number of anilines is 1. The van der Waals surface area contributed by atoms with Gasteiger partial charge in [0.15, 0.2) is 0 Å². The summed E-state index contributed by atoms with van der Waals surface area (Å²) in [5, 5.41) is 12.1. The molecule has 3 aromatic rings. The molecular weight excluding hydrogens is 512 g/mol. The van der Waals surface area contributed by atoms with Gasteiger partial charge in [-0.25, -0.2) is 9.97 Å². The van der Waals surface area contributed by atoms with Crippen LogP contribution in [0, 0.1) is 6.92 Å². The number of thioether (sulfide) groups is 1.